The Bertz CT molecular complexity index is 353. The van der Waals surface area contributed by atoms with Crippen molar-refractivity contribution in [3.05, 3.63) is 29.8 Å². The van der Waals surface area contributed by atoms with Crippen LogP contribution in [0.25, 0.3) is 0 Å². The summed E-state index contributed by atoms with van der Waals surface area (Å²) in [6, 6.07) is 7.62. The summed E-state index contributed by atoms with van der Waals surface area (Å²) in [6.45, 7) is 2.86. The van der Waals surface area contributed by atoms with Crippen molar-refractivity contribution in [1.82, 2.24) is 0 Å². The Morgan fingerprint density at radius 2 is 2.25 bits per heavy atom. The Hall–Kier alpha value is -1.55. The summed E-state index contributed by atoms with van der Waals surface area (Å²) in [5, 5.41) is 1.68. The van der Waals surface area contributed by atoms with E-state index in [4.69, 9.17) is 5.84 Å². The number of hydrazine groups is 1. The molecule has 0 aromatic heterocycles. The highest BCUT2D eigenvalue weighted by Crippen LogP contribution is 2.14. The van der Waals surface area contributed by atoms with Gasteiger partial charge >= 0.3 is 5.97 Å². The molecular formula is C12H18N2O2. The standard InChI is InChI=1S/C12H18N2O2/c1-3-7-14(13)11-6-4-5-10(8-11)9-12(15)16-2/h4-6,8H,3,7,9,13H2,1-2H3. The van der Waals surface area contributed by atoms with Gasteiger partial charge in [0.05, 0.1) is 19.2 Å². The average Bonchev–Trinajstić information content (AvgIpc) is 2.29. The van der Waals surface area contributed by atoms with E-state index in [1.807, 2.05) is 24.3 Å². The van der Waals surface area contributed by atoms with Gasteiger partial charge in [-0.25, -0.2) is 5.84 Å². The number of carbonyl (C=O) groups excluding carboxylic acids is 1. The van der Waals surface area contributed by atoms with Crippen LogP contribution in [0, 0.1) is 0 Å². The largest absolute Gasteiger partial charge is 0.469 e. The molecule has 0 aliphatic rings. The quantitative estimate of drug-likeness (QED) is 0.466. The number of hydrogen-bond donors (Lipinski definition) is 1. The normalized spacial score (nSPS) is 9.94. The third kappa shape index (κ3) is 3.55. The maximum absolute atomic E-state index is 11.1. The van der Waals surface area contributed by atoms with Crippen LogP contribution in [-0.2, 0) is 16.0 Å². The Kier molecular flexibility index (Phi) is 4.79. The fourth-order valence-corrected chi connectivity index (χ4v) is 1.45. The van der Waals surface area contributed by atoms with E-state index in [1.165, 1.54) is 7.11 Å². The second kappa shape index (κ2) is 6.12. The Morgan fingerprint density at radius 3 is 2.88 bits per heavy atom. The van der Waals surface area contributed by atoms with Gasteiger partial charge in [-0.15, -0.1) is 0 Å². The zero-order chi connectivity index (χ0) is 12.0. The van der Waals surface area contributed by atoms with Crippen LogP contribution in [0.3, 0.4) is 0 Å². The molecule has 0 saturated heterocycles. The Labute approximate surface area is 96.0 Å². The predicted octanol–water partition coefficient (Wildman–Crippen LogP) is 1.49. The molecule has 0 fully saturated rings. The number of esters is 1. The molecule has 88 valence electrons. The van der Waals surface area contributed by atoms with E-state index in [2.05, 4.69) is 11.7 Å². The highest BCUT2D eigenvalue weighted by molar-refractivity contribution is 5.72. The van der Waals surface area contributed by atoms with Crippen molar-refractivity contribution in [1.29, 1.82) is 0 Å². The lowest BCUT2D eigenvalue weighted by Gasteiger charge is -2.18. The van der Waals surface area contributed by atoms with Crippen LogP contribution < -0.4 is 10.9 Å². The summed E-state index contributed by atoms with van der Waals surface area (Å²) in [5.74, 6) is 5.62. The van der Waals surface area contributed by atoms with Gasteiger partial charge < -0.3 is 9.75 Å². The van der Waals surface area contributed by atoms with Gasteiger partial charge in [-0.2, -0.15) is 0 Å². The van der Waals surface area contributed by atoms with Crippen molar-refractivity contribution in [2.45, 2.75) is 19.8 Å². The third-order valence-electron chi connectivity index (χ3n) is 2.28. The minimum Gasteiger partial charge on any atom is -0.469 e. The molecule has 1 aromatic carbocycles. The number of methoxy groups -OCH3 is 1. The van der Waals surface area contributed by atoms with Gasteiger partial charge in [0, 0.05) is 6.54 Å². The van der Waals surface area contributed by atoms with Crippen LogP contribution in [-0.4, -0.2) is 19.6 Å². The van der Waals surface area contributed by atoms with E-state index < -0.39 is 0 Å². The van der Waals surface area contributed by atoms with E-state index in [0.29, 0.717) is 0 Å². The van der Waals surface area contributed by atoms with Gasteiger partial charge in [0.1, 0.15) is 0 Å². The molecule has 0 spiro atoms. The molecule has 4 nitrogen and oxygen atoms in total. The number of nitrogens with zero attached hydrogens (tertiary/aromatic N) is 1. The molecular weight excluding hydrogens is 204 g/mol. The molecule has 0 atom stereocenters. The van der Waals surface area contributed by atoms with Gasteiger partial charge in [-0.1, -0.05) is 19.1 Å². The first-order chi connectivity index (χ1) is 7.67. The third-order valence-corrected chi connectivity index (χ3v) is 2.28. The van der Waals surface area contributed by atoms with Crippen molar-refractivity contribution < 1.29 is 9.53 Å². The molecule has 0 aliphatic carbocycles. The van der Waals surface area contributed by atoms with Gasteiger partial charge in [0.25, 0.3) is 0 Å². The second-order valence-corrected chi connectivity index (χ2v) is 3.62. The van der Waals surface area contributed by atoms with Gasteiger partial charge in [-0.3, -0.25) is 4.79 Å². The van der Waals surface area contributed by atoms with Crippen molar-refractivity contribution in [3.8, 4) is 0 Å². The summed E-state index contributed by atoms with van der Waals surface area (Å²) in [7, 11) is 1.39. The molecule has 1 rings (SSSR count). The van der Waals surface area contributed by atoms with E-state index in [1.54, 1.807) is 5.01 Å². The molecule has 2 N–H and O–H groups in total. The SMILES string of the molecule is CCCN(N)c1cccc(CC(=O)OC)c1. The lowest BCUT2D eigenvalue weighted by atomic mass is 10.1. The van der Waals surface area contributed by atoms with Crippen LogP contribution in [0.15, 0.2) is 24.3 Å². The molecule has 0 saturated carbocycles. The number of hydrogen-bond acceptors (Lipinski definition) is 4. The Balaban J connectivity index is 2.74. The zero-order valence-corrected chi connectivity index (χ0v) is 9.77. The van der Waals surface area contributed by atoms with E-state index in [0.717, 1.165) is 24.2 Å². The summed E-state index contributed by atoms with van der Waals surface area (Å²) in [6.07, 6.45) is 1.27. The monoisotopic (exact) mass is 222 g/mol. The fourth-order valence-electron chi connectivity index (χ4n) is 1.45. The van der Waals surface area contributed by atoms with Crippen molar-refractivity contribution in [2.24, 2.45) is 5.84 Å². The Morgan fingerprint density at radius 1 is 1.50 bits per heavy atom. The molecule has 0 radical (unpaired) electrons. The number of benzene rings is 1. The number of ether oxygens (including phenoxy) is 1. The van der Waals surface area contributed by atoms with E-state index >= 15 is 0 Å². The summed E-state index contributed by atoms with van der Waals surface area (Å²) in [5.41, 5.74) is 1.83. The van der Waals surface area contributed by atoms with Crippen LogP contribution in [0.2, 0.25) is 0 Å². The average molecular weight is 222 g/mol. The lowest BCUT2D eigenvalue weighted by molar-refractivity contribution is -0.139. The van der Waals surface area contributed by atoms with Crippen LogP contribution in [0.4, 0.5) is 5.69 Å². The predicted molar refractivity (Wildman–Crippen MR) is 64.0 cm³/mol. The molecule has 1 aromatic rings. The molecule has 0 unspecified atom stereocenters. The van der Waals surface area contributed by atoms with Crippen molar-refractivity contribution in [3.63, 3.8) is 0 Å². The van der Waals surface area contributed by atoms with Gasteiger partial charge in [0.15, 0.2) is 0 Å². The smallest absolute Gasteiger partial charge is 0.309 e. The fraction of sp³-hybridized carbons (Fsp3) is 0.417. The number of nitrogens with two attached hydrogens (primary N) is 1. The highest BCUT2D eigenvalue weighted by atomic mass is 16.5. The van der Waals surface area contributed by atoms with Gasteiger partial charge in [0.2, 0.25) is 0 Å². The maximum atomic E-state index is 11.1. The molecule has 0 heterocycles. The lowest BCUT2D eigenvalue weighted by Crippen LogP contribution is -2.31. The minimum atomic E-state index is -0.240. The topological polar surface area (TPSA) is 55.6 Å². The molecule has 0 amide bonds. The molecule has 4 heteroatoms. The number of carbonyl (C=O) groups is 1. The van der Waals surface area contributed by atoms with Crippen LogP contribution in [0.1, 0.15) is 18.9 Å². The van der Waals surface area contributed by atoms with Crippen molar-refractivity contribution in [2.75, 3.05) is 18.7 Å². The molecule has 0 aliphatic heterocycles. The number of rotatable bonds is 5. The van der Waals surface area contributed by atoms with E-state index in [-0.39, 0.29) is 12.4 Å². The van der Waals surface area contributed by atoms with Crippen LogP contribution >= 0.6 is 0 Å². The summed E-state index contributed by atoms with van der Waals surface area (Å²) < 4.78 is 4.62. The molecule has 16 heavy (non-hydrogen) atoms. The summed E-state index contributed by atoms with van der Waals surface area (Å²) >= 11 is 0. The second-order valence-electron chi connectivity index (χ2n) is 3.62. The first kappa shape index (κ1) is 12.5. The van der Waals surface area contributed by atoms with Crippen molar-refractivity contribution >= 4 is 11.7 Å². The van der Waals surface area contributed by atoms with Gasteiger partial charge in [-0.05, 0) is 24.1 Å². The first-order valence-corrected chi connectivity index (χ1v) is 5.35. The zero-order valence-electron chi connectivity index (χ0n) is 9.77. The highest BCUT2D eigenvalue weighted by Gasteiger charge is 2.05. The maximum Gasteiger partial charge on any atom is 0.309 e. The minimum absolute atomic E-state index is 0.240. The van der Waals surface area contributed by atoms with Crippen LogP contribution in [0.5, 0.6) is 0 Å². The summed E-state index contributed by atoms with van der Waals surface area (Å²) in [4.78, 5) is 11.1. The van der Waals surface area contributed by atoms with E-state index in [9.17, 15) is 4.79 Å². The molecule has 0 bridgehead atoms. The first-order valence-electron chi connectivity index (χ1n) is 5.35. The number of anilines is 1.